The molecule has 6 rings (SSSR count). The maximum Gasteiger partial charge on any atom is 0.231 e. The van der Waals surface area contributed by atoms with Gasteiger partial charge < -0.3 is 24.3 Å². The van der Waals surface area contributed by atoms with Crippen LogP contribution >= 0.6 is 12.2 Å². The zero-order chi connectivity index (χ0) is 24.8. The number of nitrogens with one attached hydrogen (secondary N) is 1. The van der Waals surface area contributed by atoms with Crippen molar-refractivity contribution >= 4 is 23.0 Å². The van der Waals surface area contributed by atoms with E-state index in [2.05, 4.69) is 78.0 Å². The number of fused-ring (bicyclic) bond motifs is 1. The summed E-state index contributed by atoms with van der Waals surface area (Å²) in [7, 11) is 0. The molecule has 2 aromatic carbocycles. The number of thiocarbonyl (C=S) groups is 1. The normalized spacial score (nSPS) is 18.5. The zero-order valence-corrected chi connectivity index (χ0v) is 21.4. The second-order valence-electron chi connectivity index (χ2n) is 9.22. The Labute approximate surface area is 216 Å². The highest BCUT2D eigenvalue weighted by Crippen LogP contribution is 2.44. The maximum absolute atomic E-state index is 5.92. The summed E-state index contributed by atoms with van der Waals surface area (Å²) in [6.45, 7) is 6.73. The highest BCUT2D eigenvalue weighted by molar-refractivity contribution is 7.80. The molecule has 1 saturated heterocycles. The molecule has 182 valence electrons. The fourth-order valence-electron chi connectivity index (χ4n) is 5.35. The van der Waals surface area contributed by atoms with Gasteiger partial charge in [-0.2, -0.15) is 0 Å². The van der Waals surface area contributed by atoms with Gasteiger partial charge in [0.1, 0.15) is 0 Å². The third-order valence-corrected chi connectivity index (χ3v) is 7.44. The van der Waals surface area contributed by atoms with Crippen molar-refractivity contribution in [3.05, 3.63) is 101 Å². The lowest BCUT2D eigenvalue weighted by Crippen LogP contribution is -2.29. The van der Waals surface area contributed by atoms with Crippen LogP contribution < -0.4 is 19.7 Å². The van der Waals surface area contributed by atoms with Crippen LogP contribution in [0.4, 0.5) is 5.69 Å². The van der Waals surface area contributed by atoms with Crippen molar-refractivity contribution in [2.45, 2.75) is 39.3 Å². The Morgan fingerprint density at radius 2 is 1.75 bits per heavy atom. The molecule has 6 nitrogen and oxygen atoms in total. The van der Waals surface area contributed by atoms with Crippen LogP contribution in [-0.2, 0) is 6.42 Å². The minimum atomic E-state index is -0.0877. The Balaban J connectivity index is 1.48. The lowest BCUT2D eigenvalue weighted by Gasteiger charge is -2.28. The number of hydrogen-bond acceptors (Lipinski definition) is 4. The third-order valence-electron chi connectivity index (χ3n) is 7.12. The molecule has 1 fully saturated rings. The Morgan fingerprint density at radius 3 is 2.50 bits per heavy atom. The second-order valence-corrected chi connectivity index (χ2v) is 9.60. The van der Waals surface area contributed by atoms with E-state index in [1.807, 2.05) is 30.5 Å². The predicted molar refractivity (Wildman–Crippen MR) is 145 cm³/mol. The van der Waals surface area contributed by atoms with Crippen LogP contribution in [-0.4, -0.2) is 21.5 Å². The van der Waals surface area contributed by atoms with Crippen molar-refractivity contribution in [3.63, 3.8) is 0 Å². The van der Waals surface area contributed by atoms with Crippen LogP contribution in [0.1, 0.15) is 47.2 Å². The van der Waals surface area contributed by atoms with Gasteiger partial charge in [0.05, 0.1) is 17.8 Å². The smallest absolute Gasteiger partial charge is 0.231 e. The first kappa shape index (κ1) is 22.6. The molecule has 36 heavy (non-hydrogen) atoms. The van der Waals surface area contributed by atoms with E-state index in [1.54, 1.807) is 0 Å². The molecular formula is C29H28N4O2S. The second kappa shape index (κ2) is 8.99. The summed E-state index contributed by atoms with van der Waals surface area (Å²) < 4.78 is 13.4. The van der Waals surface area contributed by atoms with E-state index in [0.717, 1.165) is 46.4 Å². The van der Waals surface area contributed by atoms with Gasteiger partial charge in [-0.15, -0.1) is 0 Å². The first-order chi connectivity index (χ1) is 17.5. The molecule has 2 aliphatic heterocycles. The Kier molecular flexibility index (Phi) is 5.64. The SMILES string of the molecule is CCc1ccc(N2C(=S)N[C@H](c3ccccn3)[C@@H]2c2cc(C)n(-c3ccc4c(c3)OCO4)c2C)cc1. The monoisotopic (exact) mass is 496 g/mol. The number of ether oxygens (including phenoxy) is 2. The molecular weight excluding hydrogens is 468 g/mol. The highest BCUT2D eigenvalue weighted by Gasteiger charge is 2.42. The van der Waals surface area contributed by atoms with Crippen molar-refractivity contribution in [3.8, 4) is 17.2 Å². The summed E-state index contributed by atoms with van der Waals surface area (Å²) in [4.78, 5) is 6.93. The van der Waals surface area contributed by atoms with Crippen molar-refractivity contribution < 1.29 is 9.47 Å². The fourth-order valence-corrected chi connectivity index (χ4v) is 5.70. The molecule has 0 unspecified atom stereocenters. The average Bonchev–Trinajstić information content (AvgIpc) is 3.59. The number of nitrogens with zero attached hydrogens (tertiary/aromatic N) is 3. The maximum atomic E-state index is 5.92. The number of aromatic nitrogens is 2. The van der Waals surface area contributed by atoms with E-state index in [4.69, 9.17) is 26.7 Å². The van der Waals surface area contributed by atoms with Crippen molar-refractivity contribution in [2.75, 3.05) is 11.7 Å². The van der Waals surface area contributed by atoms with Gasteiger partial charge in [-0.05, 0) is 86.1 Å². The molecule has 0 bridgehead atoms. The first-order valence-corrected chi connectivity index (χ1v) is 12.6. The molecule has 2 aromatic heterocycles. The van der Waals surface area contributed by atoms with Crippen molar-refractivity contribution in [1.29, 1.82) is 0 Å². The standard InChI is InChI=1S/C29H28N4O2S/c1-4-20-8-10-21(11-9-20)33-28(27(31-29(33)36)24-7-5-6-14-30-24)23-15-18(2)32(19(23)3)22-12-13-25-26(16-22)35-17-34-25/h5-16,27-28H,4,17H2,1-3H3,(H,31,36)/t27-,28+/m1/s1. The van der Waals surface area contributed by atoms with Gasteiger partial charge in [0, 0.05) is 35.0 Å². The molecule has 4 heterocycles. The van der Waals surface area contributed by atoms with Gasteiger partial charge in [0.25, 0.3) is 0 Å². The van der Waals surface area contributed by atoms with Gasteiger partial charge in [0.2, 0.25) is 6.79 Å². The van der Waals surface area contributed by atoms with Gasteiger partial charge >= 0.3 is 0 Å². The fraction of sp³-hybridized carbons (Fsp3) is 0.241. The van der Waals surface area contributed by atoms with Gasteiger partial charge in [0.15, 0.2) is 16.6 Å². The molecule has 1 N–H and O–H groups in total. The Hall–Kier alpha value is -3.84. The zero-order valence-electron chi connectivity index (χ0n) is 20.6. The number of benzene rings is 2. The number of pyridine rings is 1. The minimum Gasteiger partial charge on any atom is -0.454 e. The van der Waals surface area contributed by atoms with E-state index >= 15 is 0 Å². The largest absolute Gasteiger partial charge is 0.454 e. The first-order valence-electron chi connectivity index (χ1n) is 12.2. The summed E-state index contributed by atoms with van der Waals surface area (Å²) in [6, 6.07) is 22.9. The number of rotatable bonds is 5. The van der Waals surface area contributed by atoms with Crippen LogP contribution in [0.3, 0.4) is 0 Å². The summed E-state index contributed by atoms with van der Waals surface area (Å²) in [5, 5.41) is 4.28. The van der Waals surface area contributed by atoms with Crippen LogP contribution in [0.25, 0.3) is 5.69 Å². The third kappa shape index (κ3) is 3.71. The van der Waals surface area contributed by atoms with E-state index in [9.17, 15) is 0 Å². The number of aryl methyl sites for hydroxylation is 2. The summed E-state index contributed by atoms with van der Waals surface area (Å²) in [5.74, 6) is 1.55. The van der Waals surface area contributed by atoms with Gasteiger partial charge in [-0.25, -0.2) is 0 Å². The minimum absolute atomic E-state index is 0.0613. The van der Waals surface area contributed by atoms with Gasteiger partial charge in [-0.1, -0.05) is 25.1 Å². The topological polar surface area (TPSA) is 51.6 Å². The lowest BCUT2D eigenvalue weighted by molar-refractivity contribution is 0.174. The molecule has 7 heteroatoms. The van der Waals surface area contributed by atoms with E-state index in [0.29, 0.717) is 5.11 Å². The van der Waals surface area contributed by atoms with Crippen LogP contribution in [0, 0.1) is 13.8 Å². The van der Waals surface area contributed by atoms with Crippen molar-refractivity contribution in [1.82, 2.24) is 14.9 Å². The van der Waals surface area contributed by atoms with Crippen LogP contribution in [0.15, 0.2) is 72.9 Å². The quantitative estimate of drug-likeness (QED) is 0.344. The van der Waals surface area contributed by atoms with E-state index in [1.165, 1.54) is 11.1 Å². The molecule has 2 aliphatic rings. The summed E-state index contributed by atoms with van der Waals surface area (Å²) >= 11 is 5.92. The van der Waals surface area contributed by atoms with Crippen molar-refractivity contribution in [2.24, 2.45) is 0 Å². The van der Waals surface area contributed by atoms with Crippen LogP contribution in [0.2, 0.25) is 0 Å². The Bertz CT molecular complexity index is 1430. The van der Waals surface area contributed by atoms with E-state index in [-0.39, 0.29) is 18.9 Å². The number of hydrogen-bond donors (Lipinski definition) is 1. The van der Waals surface area contributed by atoms with E-state index < -0.39 is 0 Å². The lowest BCUT2D eigenvalue weighted by atomic mass is 9.96. The van der Waals surface area contributed by atoms with Gasteiger partial charge in [-0.3, -0.25) is 4.98 Å². The molecule has 4 aromatic rings. The molecule has 0 amide bonds. The van der Waals surface area contributed by atoms with Crippen LogP contribution in [0.5, 0.6) is 11.5 Å². The molecule has 2 atom stereocenters. The Morgan fingerprint density at radius 1 is 0.972 bits per heavy atom. The highest BCUT2D eigenvalue weighted by atomic mass is 32.1. The predicted octanol–water partition coefficient (Wildman–Crippen LogP) is 5.96. The summed E-state index contributed by atoms with van der Waals surface area (Å²) in [5.41, 5.74) is 7.87. The molecule has 0 radical (unpaired) electrons. The molecule has 0 saturated carbocycles. The summed E-state index contributed by atoms with van der Waals surface area (Å²) in [6.07, 6.45) is 2.84. The number of anilines is 1. The molecule has 0 aliphatic carbocycles. The molecule has 0 spiro atoms. The average molecular weight is 497 g/mol.